The Kier molecular flexibility index (Phi) is 4.51. The number of anilines is 1. The van der Waals surface area contributed by atoms with E-state index in [1.54, 1.807) is 17.6 Å². The Morgan fingerprint density at radius 2 is 2.15 bits per heavy atom. The van der Waals surface area contributed by atoms with Crippen molar-refractivity contribution < 1.29 is 9.59 Å². The van der Waals surface area contributed by atoms with E-state index in [0.717, 1.165) is 11.4 Å². The Morgan fingerprint density at radius 3 is 2.75 bits per heavy atom. The average Bonchev–Trinajstić information content (AvgIpc) is 2.97. The van der Waals surface area contributed by atoms with Gasteiger partial charge < -0.3 is 11.1 Å². The molecular formula is C13H15N3O2S2. The smallest absolute Gasteiger partial charge is 0.267 e. The second-order valence-electron chi connectivity index (χ2n) is 4.73. The number of nitrogens with one attached hydrogen (secondary N) is 1. The van der Waals surface area contributed by atoms with Crippen molar-refractivity contribution in [3.63, 3.8) is 0 Å². The molecule has 2 aromatic rings. The van der Waals surface area contributed by atoms with Gasteiger partial charge in [0.25, 0.3) is 11.8 Å². The average molecular weight is 309 g/mol. The molecule has 5 nitrogen and oxygen atoms in total. The zero-order valence-electron chi connectivity index (χ0n) is 11.2. The second kappa shape index (κ2) is 6.15. The Balaban J connectivity index is 2.03. The maximum absolute atomic E-state index is 12.0. The molecule has 2 rings (SSSR count). The molecule has 0 fully saturated rings. The molecule has 0 aromatic carbocycles. The van der Waals surface area contributed by atoms with Gasteiger partial charge in [0, 0.05) is 11.8 Å². The summed E-state index contributed by atoms with van der Waals surface area (Å²) in [5.74, 6) is -0.203. The van der Waals surface area contributed by atoms with Crippen LogP contribution < -0.4 is 11.1 Å². The highest BCUT2D eigenvalue weighted by Gasteiger charge is 2.13. The zero-order valence-corrected chi connectivity index (χ0v) is 12.8. The molecule has 0 saturated heterocycles. The van der Waals surface area contributed by atoms with E-state index >= 15 is 0 Å². The summed E-state index contributed by atoms with van der Waals surface area (Å²) in [5.41, 5.74) is 5.75. The first-order valence-electron chi connectivity index (χ1n) is 6.10. The molecule has 2 heterocycles. The van der Waals surface area contributed by atoms with Crippen molar-refractivity contribution in [1.29, 1.82) is 0 Å². The number of thiazole rings is 1. The van der Waals surface area contributed by atoms with E-state index in [0.29, 0.717) is 21.4 Å². The molecule has 0 aliphatic carbocycles. The summed E-state index contributed by atoms with van der Waals surface area (Å²) in [6.07, 6.45) is 2.45. The molecule has 0 saturated carbocycles. The lowest BCUT2D eigenvalue weighted by molar-refractivity contribution is 0.1000. The molecule has 2 aromatic heterocycles. The van der Waals surface area contributed by atoms with Crippen LogP contribution in [0.3, 0.4) is 0 Å². The molecule has 0 unspecified atom stereocenters. The van der Waals surface area contributed by atoms with Crippen molar-refractivity contribution in [2.24, 2.45) is 11.7 Å². The summed E-state index contributed by atoms with van der Waals surface area (Å²) in [7, 11) is 0. The highest BCUT2D eigenvalue weighted by molar-refractivity contribution is 7.14. The molecule has 0 atom stereocenters. The standard InChI is InChI=1S/C13H15N3O2S2/c1-7(2)3-11-15-5-10(20-11)13(18)16-8-4-9(12(14)17)19-6-8/h4-7H,3H2,1-2H3,(H2,14,17)(H,16,18). The lowest BCUT2D eigenvalue weighted by Crippen LogP contribution is -2.10. The Morgan fingerprint density at radius 1 is 1.40 bits per heavy atom. The minimum atomic E-state index is -0.493. The van der Waals surface area contributed by atoms with Gasteiger partial charge in [-0.25, -0.2) is 4.98 Å². The van der Waals surface area contributed by atoms with Gasteiger partial charge in [0.05, 0.1) is 21.8 Å². The lowest BCUT2D eigenvalue weighted by atomic mass is 10.1. The monoisotopic (exact) mass is 309 g/mol. The van der Waals surface area contributed by atoms with E-state index in [1.165, 1.54) is 22.7 Å². The summed E-state index contributed by atoms with van der Waals surface area (Å²) < 4.78 is 0. The second-order valence-corrected chi connectivity index (χ2v) is 6.76. The van der Waals surface area contributed by atoms with Gasteiger partial charge in [-0.1, -0.05) is 13.8 Å². The molecular weight excluding hydrogens is 294 g/mol. The minimum absolute atomic E-state index is 0.216. The SMILES string of the molecule is CC(C)Cc1ncc(C(=O)Nc2csc(C(N)=O)c2)s1. The van der Waals surface area contributed by atoms with Crippen LogP contribution in [0.15, 0.2) is 17.6 Å². The normalized spacial score (nSPS) is 10.8. The molecule has 20 heavy (non-hydrogen) atoms. The third kappa shape index (κ3) is 3.64. The molecule has 0 spiro atoms. The highest BCUT2D eigenvalue weighted by atomic mass is 32.1. The summed E-state index contributed by atoms with van der Waals surface area (Å²) in [5, 5.41) is 5.37. The molecule has 2 amide bonds. The van der Waals surface area contributed by atoms with Crippen LogP contribution >= 0.6 is 22.7 Å². The minimum Gasteiger partial charge on any atom is -0.365 e. The van der Waals surface area contributed by atoms with E-state index in [-0.39, 0.29) is 5.91 Å². The van der Waals surface area contributed by atoms with Crippen molar-refractivity contribution in [3.05, 3.63) is 32.4 Å². The maximum Gasteiger partial charge on any atom is 0.267 e. The number of primary amides is 1. The molecule has 0 bridgehead atoms. The first kappa shape index (κ1) is 14.7. The number of hydrogen-bond acceptors (Lipinski definition) is 5. The largest absolute Gasteiger partial charge is 0.365 e. The number of carbonyl (C=O) groups excluding carboxylic acids is 2. The number of carbonyl (C=O) groups is 2. The van der Waals surface area contributed by atoms with Crippen LogP contribution in [0.1, 0.15) is 38.2 Å². The van der Waals surface area contributed by atoms with Gasteiger partial charge >= 0.3 is 0 Å². The topological polar surface area (TPSA) is 85.1 Å². The molecule has 0 aliphatic heterocycles. The maximum atomic E-state index is 12.0. The summed E-state index contributed by atoms with van der Waals surface area (Å²) >= 11 is 2.60. The molecule has 7 heteroatoms. The number of thiophene rings is 1. The number of hydrogen-bond donors (Lipinski definition) is 2. The van der Waals surface area contributed by atoms with Gasteiger partial charge in [0.1, 0.15) is 4.88 Å². The van der Waals surface area contributed by atoms with Crippen LogP contribution in [0, 0.1) is 5.92 Å². The first-order valence-corrected chi connectivity index (χ1v) is 7.79. The van der Waals surface area contributed by atoms with Crippen molar-refractivity contribution in [1.82, 2.24) is 4.98 Å². The number of nitrogens with zero attached hydrogens (tertiary/aromatic N) is 1. The summed E-state index contributed by atoms with van der Waals surface area (Å²) in [6.45, 7) is 4.22. The fourth-order valence-electron chi connectivity index (χ4n) is 1.58. The zero-order chi connectivity index (χ0) is 14.7. The number of nitrogens with two attached hydrogens (primary N) is 1. The van der Waals surface area contributed by atoms with E-state index in [4.69, 9.17) is 5.73 Å². The van der Waals surface area contributed by atoms with Gasteiger partial charge in [0.15, 0.2) is 0 Å². The summed E-state index contributed by atoms with van der Waals surface area (Å²) in [6, 6.07) is 1.57. The van der Waals surface area contributed by atoms with Crippen LogP contribution in [0.4, 0.5) is 5.69 Å². The van der Waals surface area contributed by atoms with Crippen LogP contribution in [-0.4, -0.2) is 16.8 Å². The van der Waals surface area contributed by atoms with Gasteiger partial charge in [-0.05, 0) is 12.0 Å². The van der Waals surface area contributed by atoms with Crippen LogP contribution in [0.25, 0.3) is 0 Å². The van der Waals surface area contributed by atoms with Crippen LogP contribution in [0.5, 0.6) is 0 Å². The molecule has 3 N–H and O–H groups in total. The third-order valence-electron chi connectivity index (χ3n) is 2.46. The van der Waals surface area contributed by atoms with Gasteiger partial charge in [0.2, 0.25) is 0 Å². The van der Waals surface area contributed by atoms with E-state index < -0.39 is 5.91 Å². The molecule has 106 valence electrons. The van der Waals surface area contributed by atoms with Crippen LogP contribution in [-0.2, 0) is 6.42 Å². The predicted octanol–water partition coefficient (Wildman–Crippen LogP) is 2.75. The van der Waals surface area contributed by atoms with Gasteiger partial charge in [-0.3, -0.25) is 9.59 Å². The predicted molar refractivity (Wildman–Crippen MR) is 81.4 cm³/mol. The van der Waals surface area contributed by atoms with Crippen molar-refractivity contribution in [2.45, 2.75) is 20.3 Å². The number of amides is 2. The van der Waals surface area contributed by atoms with E-state index in [9.17, 15) is 9.59 Å². The Hall–Kier alpha value is -1.73. The van der Waals surface area contributed by atoms with Crippen molar-refractivity contribution >= 4 is 40.2 Å². The van der Waals surface area contributed by atoms with Gasteiger partial charge in [-0.2, -0.15) is 0 Å². The Labute approximate surface area is 124 Å². The molecule has 0 radical (unpaired) electrons. The number of rotatable bonds is 5. The summed E-state index contributed by atoms with van der Waals surface area (Å²) in [4.78, 5) is 28.3. The van der Waals surface area contributed by atoms with Crippen molar-refractivity contribution in [3.8, 4) is 0 Å². The Bertz CT molecular complexity index is 631. The van der Waals surface area contributed by atoms with Gasteiger partial charge in [-0.15, -0.1) is 22.7 Å². The lowest BCUT2D eigenvalue weighted by Gasteiger charge is -1.99. The fraction of sp³-hybridized carbons (Fsp3) is 0.308. The quantitative estimate of drug-likeness (QED) is 0.890. The highest BCUT2D eigenvalue weighted by Crippen LogP contribution is 2.21. The van der Waals surface area contributed by atoms with Crippen LogP contribution in [0.2, 0.25) is 0 Å². The first-order chi connectivity index (χ1) is 9.45. The van der Waals surface area contributed by atoms with E-state index in [1.807, 2.05) is 0 Å². The van der Waals surface area contributed by atoms with Crippen molar-refractivity contribution in [2.75, 3.05) is 5.32 Å². The van der Waals surface area contributed by atoms with E-state index in [2.05, 4.69) is 24.1 Å². The molecule has 0 aliphatic rings. The number of aromatic nitrogens is 1. The fourth-order valence-corrected chi connectivity index (χ4v) is 3.30. The third-order valence-corrected chi connectivity index (χ3v) is 4.42.